The molecule has 1 N–H and O–H groups in total. The molecule has 2 nitrogen and oxygen atoms in total. The van der Waals surface area contributed by atoms with Crippen LogP contribution in [-0.4, -0.2) is 9.97 Å². The fourth-order valence-corrected chi connectivity index (χ4v) is 3.43. The second kappa shape index (κ2) is 7.12. The molecule has 0 unspecified atom stereocenters. The van der Waals surface area contributed by atoms with E-state index in [4.69, 9.17) is 16.6 Å². The van der Waals surface area contributed by atoms with E-state index in [0.29, 0.717) is 0 Å². The maximum atomic E-state index is 6.12. The van der Waals surface area contributed by atoms with E-state index in [1.54, 1.807) is 0 Å². The second-order valence-corrected chi connectivity index (χ2v) is 6.80. The highest BCUT2D eigenvalue weighted by Crippen LogP contribution is 2.26. The van der Waals surface area contributed by atoms with E-state index in [-0.39, 0.29) is 5.92 Å². The van der Waals surface area contributed by atoms with Crippen LogP contribution in [0.5, 0.6) is 0 Å². The number of halogens is 1. The Bertz CT molecular complexity index is 920. The Morgan fingerprint density at radius 3 is 2.00 bits per heavy atom. The number of benzene rings is 3. The normalized spacial score (nSPS) is 11.3. The Kier molecular flexibility index (Phi) is 4.53. The molecule has 1 heterocycles. The Balaban J connectivity index is 1.70. The van der Waals surface area contributed by atoms with E-state index in [1.165, 1.54) is 11.1 Å². The van der Waals surface area contributed by atoms with Gasteiger partial charge in [-0.2, -0.15) is 0 Å². The highest BCUT2D eigenvalue weighted by Gasteiger charge is 2.17. The summed E-state index contributed by atoms with van der Waals surface area (Å²) < 4.78 is 0. The number of hydrogen-bond donors (Lipinski definition) is 1. The average molecular weight is 347 g/mol. The Hall–Kier alpha value is -2.58. The van der Waals surface area contributed by atoms with Gasteiger partial charge in [-0.05, 0) is 42.2 Å². The van der Waals surface area contributed by atoms with E-state index < -0.39 is 0 Å². The third kappa shape index (κ3) is 3.75. The van der Waals surface area contributed by atoms with Gasteiger partial charge in [-0.3, -0.25) is 0 Å². The maximum Gasteiger partial charge on any atom is 0.111 e. The van der Waals surface area contributed by atoms with Crippen LogP contribution in [0.3, 0.4) is 0 Å². The smallest absolute Gasteiger partial charge is 0.111 e. The van der Waals surface area contributed by atoms with E-state index in [9.17, 15) is 0 Å². The lowest BCUT2D eigenvalue weighted by Gasteiger charge is -2.15. The van der Waals surface area contributed by atoms with Gasteiger partial charge in [0.1, 0.15) is 5.82 Å². The van der Waals surface area contributed by atoms with Crippen LogP contribution in [0.15, 0.2) is 78.9 Å². The number of imidazole rings is 1. The molecule has 0 radical (unpaired) electrons. The molecule has 0 spiro atoms. The van der Waals surface area contributed by atoms with Crippen molar-refractivity contribution in [1.82, 2.24) is 9.97 Å². The van der Waals surface area contributed by atoms with Gasteiger partial charge in [0, 0.05) is 10.9 Å². The SMILES string of the molecule is Clc1ccc2nc(C(Cc3ccccc3)Cc3ccccc3)[nH]c2c1. The first-order valence-electron chi connectivity index (χ1n) is 8.51. The summed E-state index contributed by atoms with van der Waals surface area (Å²) in [4.78, 5) is 8.31. The molecule has 0 aliphatic rings. The van der Waals surface area contributed by atoms with Crippen molar-refractivity contribution in [2.75, 3.05) is 0 Å². The first-order valence-corrected chi connectivity index (χ1v) is 8.89. The summed E-state index contributed by atoms with van der Waals surface area (Å²) >= 11 is 6.12. The minimum absolute atomic E-state index is 0.288. The first-order chi connectivity index (χ1) is 12.3. The molecule has 4 aromatic rings. The predicted molar refractivity (Wildman–Crippen MR) is 104 cm³/mol. The van der Waals surface area contributed by atoms with Gasteiger partial charge in [0.05, 0.1) is 11.0 Å². The molecule has 4 rings (SSSR count). The zero-order valence-electron chi connectivity index (χ0n) is 13.8. The third-order valence-corrected chi connectivity index (χ3v) is 4.73. The molecule has 0 aliphatic carbocycles. The monoisotopic (exact) mass is 346 g/mol. The topological polar surface area (TPSA) is 28.7 Å². The van der Waals surface area contributed by atoms with Gasteiger partial charge >= 0.3 is 0 Å². The molecule has 0 saturated carbocycles. The molecule has 0 atom stereocenters. The van der Waals surface area contributed by atoms with Crippen LogP contribution in [0.2, 0.25) is 5.02 Å². The third-order valence-electron chi connectivity index (χ3n) is 4.50. The van der Waals surface area contributed by atoms with Gasteiger partial charge in [-0.15, -0.1) is 0 Å². The Morgan fingerprint density at radius 2 is 1.40 bits per heavy atom. The lowest BCUT2D eigenvalue weighted by Crippen LogP contribution is -2.08. The second-order valence-electron chi connectivity index (χ2n) is 6.36. The number of H-pyrrole nitrogens is 1. The van der Waals surface area contributed by atoms with Crippen molar-refractivity contribution in [3.05, 3.63) is 101 Å². The number of aromatic nitrogens is 2. The van der Waals surface area contributed by atoms with E-state index in [2.05, 4.69) is 65.6 Å². The summed E-state index contributed by atoms with van der Waals surface area (Å²) in [6.45, 7) is 0. The molecule has 0 fully saturated rings. The van der Waals surface area contributed by atoms with Crippen molar-refractivity contribution in [3.63, 3.8) is 0 Å². The highest BCUT2D eigenvalue weighted by atomic mass is 35.5. The minimum atomic E-state index is 0.288. The number of hydrogen-bond acceptors (Lipinski definition) is 1. The van der Waals surface area contributed by atoms with Crippen LogP contribution in [0.1, 0.15) is 22.9 Å². The molecular weight excluding hydrogens is 328 g/mol. The van der Waals surface area contributed by atoms with Crippen LogP contribution < -0.4 is 0 Å². The molecule has 1 aromatic heterocycles. The van der Waals surface area contributed by atoms with Crippen molar-refractivity contribution >= 4 is 22.6 Å². The fourth-order valence-electron chi connectivity index (χ4n) is 3.26. The molecule has 25 heavy (non-hydrogen) atoms. The number of fused-ring (bicyclic) bond motifs is 1. The van der Waals surface area contributed by atoms with E-state index in [1.807, 2.05) is 18.2 Å². The van der Waals surface area contributed by atoms with Crippen molar-refractivity contribution < 1.29 is 0 Å². The fraction of sp³-hybridized carbons (Fsp3) is 0.136. The quantitative estimate of drug-likeness (QED) is 0.487. The van der Waals surface area contributed by atoms with Gasteiger partial charge in [0.15, 0.2) is 0 Å². The van der Waals surface area contributed by atoms with Crippen LogP contribution >= 0.6 is 11.6 Å². The van der Waals surface area contributed by atoms with Crippen LogP contribution in [0, 0.1) is 0 Å². The van der Waals surface area contributed by atoms with Crippen LogP contribution in [0.4, 0.5) is 0 Å². The van der Waals surface area contributed by atoms with Gasteiger partial charge in [0.25, 0.3) is 0 Å². The number of aromatic amines is 1. The minimum Gasteiger partial charge on any atom is -0.342 e. The summed E-state index contributed by atoms with van der Waals surface area (Å²) in [6.07, 6.45) is 1.90. The molecule has 3 aromatic carbocycles. The van der Waals surface area contributed by atoms with Crippen molar-refractivity contribution in [2.24, 2.45) is 0 Å². The summed E-state index contributed by atoms with van der Waals surface area (Å²) in [7, 11) is 0. The zero-order chi connectivity index (χ0) is 17.1. The molecule has 0 aliphatic heterocycles. The zero-order valence-corrected chi connectivity index (χ0v) is 14.6. The summed E-state index contributed by atoms with van der Waals surface area (Å²) in [5.74, 6) is 1.31. The van der Waals surface area contributed by atoms with E-state index >= 15 is 0 Å². The van der Waals surface area contributed by atoms with Crippen LogP contribution in [-0.2, 0) is 12.8 Å². The van der Waals surface area contributed by atoms with Gasteiger partial charge in [-0.25, -0.2) is 4.98 Å². The predicted octanol–water partition coefficient (Wildman–Crippen LogP) is 5.79. The molecule has 124 valence electrons. The highest BCUT2D eigenvalue weighted by molar-refractivity contribution is 6.31. The molecule has 0 bridgehead atoms. The number of nitrogens with one attached hydrogen (secondary N) is 1. The van der Waals surface area contributed by atoms with Crippen molar-refractivity contribution in [2.45, 2.75) is 18.8 Å². The van der Waals surface area contributed by atoms with Crippen molar-refractivity contribution in [3.8, 4) is 0 Å². The standard InChI is InChI=1S/C22H19ClN2/c23-19-11-12-20-21(15-19)25-22(24-20)18(13-16-7-3-1-4-8-16)14-17-9-5-2-6-10-17/h1-12,15,18H,13-14H2,(H,24,25). The summed E-state index contributed by atoms with van der Waals surface area (Å²) in [5, 5.41) is 0.727. The molecule has 0 saturated heterocycles. The maximum absolute atomic E-state index is 6.12. The van der Waals surface area contributed by atoms with Crippen LogP contribution in [0.25, 0.3) is 11.0 Å². The first kappa shape index (κ1) is 15.9. The molecular formula is C22H19ClN2. The molecule has 0 amide bonds. The summed E-state index contributed by atoms with van der Waals surface area (Å²) in [6, 6.07) is 27.0. The van der Waals surface area contributed by atoms with E-state index in [0.717, 1.165) is 34.7 Å². The molecule has 3 heteroatoms. The van der Waals surface area contributed by atoms with Gasteiger partial charge < -0.3 is 4.98 Å². The Labute approximate surface area is 152 Å². The summed E-state index contributed by atoms with van der Waals surface area (Å²) in [5.41, 5.74) is 4.60. The Morgan fingerprint density at radius 1 is 0.800 bits per heavy atom. The van der Waals surface area contributed by atoms with Crippen molar-refractivity contribution in [1.29, 1.82) is 0 Å². The van der Waals surface area contributed by atoms with Gasteiger partial charge in [-0.1, -0.05) is 72.3 Å². The lowest BCUT2D eigenvalue weighted by atomic mass is 9.92. The van der Waals surface area contributed by atoms with Gasteiger partial charge in [0.2, 0.25) is 0 Å². The number of rotatable bonds is 5. The lowest BCUT2D eigenvalue weighted by molar-refractivity contribution is 0.644. The largest absolute Gasteiger partial charge is 0.342 e. The average Bonchev–Trinajstić information content (AvgIpc) is 3.06. The number of nitrogens with zero attached hydrogens (tertiary/aromatic N) is 1.